The van der Waals surface area contributed by atoms with E-state index in [0.717, 1.165) is 31.6 Å². The first kappa shape index (κ1) is 25.8. The lowest BCUT2D eigenvalue weighted by atomic mass is 10.1. The van der Waals surface area contributed by atoms with Crippen LogP contribution in [0, 0.1) is 0 Å². The molecule has 29 heavy (non-hydrogen) atoms. The summed E-state index contributed by atoms with van der Waals surface area (Å²) in [5.74, 6) is 0.495. The molecule has 1 saturated heterocycles. The highest BCUT2D eigenvalue weighted by Crippen LogP contribution is 2.22. The number of ether oxygens (including phenoxy) is 3. The van der Waals surface area contributed by atoms with Gasteiger partial charge in [0, 0.05) is 32.8 Å². The van der Waals surface area contributed by atoms with Crippen molar-refractivity contribution < 1.29 is 27.4 Å². The maximum absolute atomic E-state index is 12.2. The van der Waals surface area contributed by atoms with Crippen molar-refractivity contribution in [1.29, 1.82) is 0 Å². The van der Waals surface area contributed by atoms with Crippen LogP contribution in [-0.2, 0) is 15.9 Å². The van der Waals surface area contributed by atoms with E-state index in [-0.39, 0.29) is 35.8 Å². The van der Waals surface area contributed by atoms with Crippen LogP contribution in [0.15, 0.2) is 29.3 Å². The number of nitrogens with one attached hydrogen (secondary N) is 2. The summed E-state index contributed by atoms with van der Waals surface area (Å²) in [7, 11) is 0. The molecule has 1 aromatic rings. The van der Waals surface area contributed by atoms with Crippen LogP contribution in [0.2, 0.25) is 0 Å². The highest BCUT2D eigenvalue weighted by molar-refractivity contribution is 14.0. The van der Waals surface area contributed by atoms with Crippen molar-refractivity contribution in [3.05, 3.63) is 29.8 Å². The second-order valence-corrected chi connectivity index (χ2v) is 6.34. The van der Waals surface area contributed by atoms with Gasteiger partial charge < -0.3 is 24.8 Å². The monoisotopic (exact) mass is 531 g/mol. The van der Waals surface area contributed by atoms with Crippen molar-refractivity contribution in [3.8, 4) is 5.75 Å². The predicted molar refractivity (Wildman–Crippen MR) is 116 cm³/mol. The average molecular weight is 531 g/mol. The number of hydrogen-bond acceptors (Lipinski definition) is 4. The molecule has 1 aromatic carbocycles. The third-order valence-electron chi connectivity index (χ3n) is 4.02. The van der Waals surface area contributed by atoms with Gasteiger partial charge >= 0.3 is 6.36 Å². The lowest BCUT2D eigenvalue weighted by Gasteiger charge is -2.12. The van der Waals surface area contributed by atoms with E-state index in [0.29, 0.717) is 38.7 Å². The van der Waals surface area contributed by atoms with E-state index in [2.05, 4.69) is 20.4 Å². The molecule has 1 heterocycles. The van der Waals surface area contributed by atoms with Gasteiger partial charge in [0.2, 0.25) is 0 Å². The molecule has 0 aliphatic carbocycles. The quantitative estimate of drug-likeness (QED) is 0.210. The Hall–Kier alpha value is -1.27. The fourth-order valence-corrected chi connectivity index (χ4v) is 2.67. The minimum absolute atomic E-state index is 0. The number of halogens is 4. The van der Waals surface area contributed by atoms with Gasteiger partial charge in [0.25, 0.3) is 0 Å². The molecule has 2 rings (SSSR count). The Morgan fingerprint density at radius 2 is 2.00 bits per heavy atom. The van der Waals surface area contributed by atoms with Crippen molar-refractivity contribution in [2.24, 2.45) is 4.99 Å². The number of alkyl halides is 3. The van der Waals surface area contributed by atoms with E-state index in [4.69, 9.17) is 9.47 Å². The second kappa shape index (κ2) is 13.9. The number of guanidine groups is 1. The summed E-state index contributed by atoms with van der Waals surface area (Å²) in [5, 5.41) is 6.39. The van der Waals surface area contributed by atoms with Gasteiger partial charge in [0.05, 0.1) is 12.7 Å². The van der Waals surface area contributed by atoms with Gasteiger partial charge in [-0.3, -0.25) is 4.99 Å². The molecule has 166 valence electrons. The summed E-state index contributed by atoms with van der Waals surface area (Å²) in [6, 6.07) is 5.88. The Morgan fingerprint density at radius 1 is 1.24 bits per heavy atom. The molecule has 0 bridgehead atoms. The number of hydrogen-bond donors (Lipinski definition) is 2. The molecule has 0 spiro atoms. The largest absolute Gasteiger partial charge is 0.573 e. The van der Waals surface area contributed by atoms with Crippen molar-refractivity contribution in [2.45, 2.75) is 38.7 Å². The number of aliphatic imine (C=N–C) groups is 1. The van der Waals surface area contributed by atoms with Crippen molar-refractivity contribution in [3.63, 3.8) is 0 Å². The first-order chi connectivity index (χ1) is 13.5. The lowest BCUT2D eigenvalue weighted by Crippen LogP contribution is -2.38. The summed E-state index contributed by atoms with van der Waals surface area (Å²) < 4.78 is 51.3. The topological polar surface area (TPSA) is 64.1 Å². The molecule has 0 radical (unpaired) electrons. The van der Waals surface area contributed by atoms with Crippen LogP contribution in [0.3, 0.4) is 0 Å². The van der Waals surface area contributed by atoms with Gasteiger partial charge in [-0.1, -0.05) is 12.1 Å². The molecule has 1 fully saturated rings. The standard InChI is InChI=1S/C19H28F3N3O3.HI/c1-2-23-18(24-10-3-12-27-17-9-13-26-14-17)25-11-8-15-4-6-16(7-5-15)28-19(20,21)22;/h4-7,17H,2-3,8-14H2,1H3,(H2,23,24,25);1H. The summed E-state index contributed by atoms with van der Waals surface area (Å²) >= 11 is 0. The molecule has 1 unspecified atom stereocenters. The molecule has 10 heteroatoms. The smallest absolute Gasteiger partial charge is 0.406 e. The van der Waals surface area contributed by atoms with Crippen LogP contribution in [0.4, 0.5) is 13.2 Å². The van der Waals surface area contributed by atoms with Gasteiger partial charge in [-0.25, -0.2) is 0 Å². The van der Waals surface area contributed by atoms with Gasteiger partial charge in [0.1, 0.15) is 5.75 Å². The zero-order valence-electron chi connectivity index (χ0n) is 16.5. The molecular formula is C19H29F3IN3O3. The van der Waals surface area contributed by atoms with Crippen molar-refractivity contribution >= 4 is 29.9 Å². The molecule has 6 nitrogen and oxygen atoms in total. The maximum Gasteiger partial charge on any atom is 0.573 e. The molecule has 1 aliphatic rings. The van der Waals surface area contributed by atoms with Gasteiger partial charge in [-0.2, -0.15) is 0 Å². The van der Waals surface area contributed by atoms with Crippen LogP contribution in [0.1, 0.15) is 25.3 Å². The van der Waals surface area contributed by atoms with Gasteiger partial charge in [-0.15, -0.1) is 37.1 Å². The zero-order chi connectivity index (χ0) is 20.2. The van der Waals surface area contributed by atoms with Gasteiger partial charge in [-0.05, 0) is 43.9 Å². The Kier molecular flexibility index (Phi) is 12.3. The Bertz CT molecular complexity index is 595. The normalized spacial score (nSPS) is 17.0. The van der Waals surface area contributed by atoms with E-state index >= 15 is 0 Å². The molecule has 0 amide bonds. The van der Waals surface area contributed by atoms with Crippen LogP contribution in [0.25, 0.3) is 0 Å². The molecule has 0 aromatic heterocycles. The Labute approximate surface area is 186 Å². The molecule has 2 N–H and O–H groups in total. The fourth-order valence-electron chi connectivity index (χ4n) is 2.67. The van der Waals surface area contributed by atoms with E-state index in [1.54, 1.807) is 12.1 Å². The highest BCUT2D eigenvalue weighted by atomic mass is 127. The Morgan fingerprint density at radius 3 is 2.62 bits per heavy atom. The summed E-state index contributed by atoms with van der Waals surface area (Å²) in [4.78, 5) is 4.50. The van der Waals surface area contributed by atoms with E-state index in [9.17, 15) is 13.2 Å². The van der Waals surface area contributed by atoms with E-state index in [1.165, 1.54) is 12.1 Å². The summed E-state index contributed by atoms with van der Waals surface area (Å²) in [5.41, 5.74) is 0.907. The zero-order valence-corrected chi connectivity index (χ0v) is 18.8. The average Bonchev–Trinajstić information content (AvgIpc) is 3.15. The van der Waals surface area contributed by atoms with Crippen LogP contribution in [0.5, 0.6) is 5.75 Å². The first-order valence-electron chi connectivity index (χ1n) is 9.52. The predicted octanol–water partition coefficient (Wildman–Crippen LogP) is 3.50. The maximum atomic E-state index is 12.2. The summed E-state index contributed by atoms with van der Waals surface area (Å²) in [6.45, 7) is 6.09. The van der Waals surface area contributed by atoms with E-state index in [1.807, 2.05) is 6.92 Å². The minimum Gasteiger partial charge on any atom is -0.406 e. The van der Waals surface area contributed by atoms with Crippen molar-refractivity contribution in [2.75, 3.05) is 39.5 Å². The lowest BCUT2D eigenvalue weighted by molar-refractivity contribution is -0.274. The third-order valence-corrected chi connectivity index (χ3v) is 4.02. The van der Waals surface area contributed by atoms with Crippen LogP contribution in [-0.4, -0.2) is 57.9 Å². The van der Waals surface area contributed by atoms with Crippen molar-refractivity contribution in [1.82, 2.24) is 10.6 Å². The molecule has 1 aliphatic heterocycles. The Balaban J connectivity index is 0.00000420. The third kappa shape index (κ3) is 11.5. The number of rotatable bonds is 10. The fraction of sp³-hybridized carbons (Fsp3) is 0.632. The molecular weight excluding hydrogens is 502 g/mol. The van der Waals surface area contributed by atoms with E-state index < -0.39 is 6.36 Å². The molecule has 0 saturated carbocycles. The van der Waals surface area contributed by atoms with Crippen LogP contribution < -0.4 is 15.4 Å². The van der Waals surface area contributed by atoms with Gasteiger partial charge in [0.15, 0.2) is 5.96 Å². The molecule has 1 atom stereocenters. The second-order valence-electron chi connectivity index (χ2n) is 6.34. The minimum atomic E-state index is -4.67. The van der Waals surface area contributed by atoms with Crippen LogP contribution >= 0.6 is 24.0 Å². The highest BCUT2D eigenvalue weighted by Gasteiger charge is 2.30. The summed E-state index contributed by atoms with van der Waals surface area (Å²) in [6.07, 6.45) is -2.02. The number of nitrogens with zero attached hydrogens (tertiary/aromatic N) is 1. The SMILES string of the molecule is CCNC(=NCCCOC1CCOC1)NCCc1ccc(OC(F)(F)F)cc1.I. The number of benzene rings is 1. The first-order valence-corrected chi connectivity index (χ1v) is 9.52.